The monoisotopic (exact) mass is 353 g/mol. The number of amides is 1. The number of fused-ring (bicyclic) bond motifs is 1. The summed E-state index contributed by atoms with van der Waals surface area (Å²) in [5.41, 5.74) is 3.06. The molecule has 3 rings (SSSR count). The lowest BCUT2D eigenvalue weighted by molar-refractivity contribution is -0.274. The Morgan fingerprint density at radius 1 is 1.36 bits per heavy atom. The Morgan fingerprint density at radius 2 is 2.12 bits per heavy atom. The maximum Gasteiger partial charge on any atom is 0.573 e. The van der Waals surface area contributed by atoms with E-state index < -0.39 is 12.3 Å². The number of nitrogens with one attached hydrogen (secondary N) is 2. The predicted molar refractivity (Wildman–Crippen MR) is 83.5 cm³/mol. The standard InChI is InChI=1S/C15H14F3N5O2/c16-15(17,18)25-11-4-2-10(3-5-11)8-20-22-13(24)12-9-23-7-1-6-19-14(23)21-12/h2-5,8-9H,1,6-7H2,(H,19,21)(H,22,24)/b20-8+. The van der Waals surface area contributed by atoms with Crippen molar-refractivity contribution in [2.75, 3.05) is 11.9 Å². The summed E-state index contributed by atoms with van der Waals surface area (Å²) >= 11 is 0. The van der Waals surface area contributed by atoms with E-state index in [4.69, 9.17) is 0 Å². The number of carbonyl (C=O) groups excluding carboxylic acids is 1. The Morgan fingerprint density at radius 3 is 2.80 bits per heavy atom. The second-order valence-electron chi connectivity index (χ2n) is 5.24. The molecule has 2 heterocycles. The summed E-state index contributed by atoms with van der Waals surface area (Å²) in [4.78, 5) is 16.2. The van der Waals surface area contributed by atoms with Crippen LogP contribution in [0.3, 0.4) is 0 Å². The second kappa shape index (κ2) is 6.83. The van der Waals surface area contributed by atoms with Crippen LogP contribution in [0.25, 0.3) is 0 Å². The number of benzene rings is 1. The first-order chi connectivity index (χ1) is 11.9. The Balaban J connectivity index is 1.57. The Bertz CT molecular complexity index is 760. The van der Waals surface area contributed by atoms with Crippen LogP contribution in [0.15, 0.2) is 35.6 Å². The number of ether oxygens (including phenoxy) is 1. The number of imidazole rings is 1. The minimum Gasteiger partial charge on any atom is -0.406 e. The largest absolute Gasteiger partial charge is 0.573 e. The maximum atomic E-state index is 12.1. The molecule has 7 nitrogen and oxygen atoms in total. The number of hydrogen-bond donors (Lipinski definition) is 2. The highest BCUT2D eigenvalue weighted by molar-refractivity contribution is 5.93. The van der Waals surface area contributed by atoms with Gasteiger partial charge >= 0.3 is 6.36 Å². The van der Waals surface area contributed by atoms with Gasteiger partial charge in [0.15, 0.2) is 0 Å². The van der Waals surface area contributed by atoms with Crippen molar-refractivity contribution in [3.05, 3.63) is 41.7 Å². The molecule has 0 spiro atoms. The van der Waals surface area contributed by atoms with E-state index in [0.717, 1.165) is 31.6 Å². The molecular formula is C15H14F3N5O2. The van der Waals surface area contributed by atoms with E-state index in [1.807, 2.05) is 4.57 Å². The number of rotatable bonds is 4. The van der Waals surface area contributed by atoms with Crippen LogP contribution in [-0.2, 0) is 6.54 Å². The summed E-state index contributed by atoms with van der Waals surface area (Å²) in [7, 11) is 0. The van der Waals surface area contributed by atoms with Gasteiger partial charge in [-0.3, -0.25) is 4.79 Å². The number of aryl methyl sites for hydroxylation is 1. The summed E-state index contributed by atoms with van der Waals surface area (Å²) in [5, 5.41) is 6.85. The number of halogens is 3. The SMILES string of the molecule is O=C(N/N=C/c1ccc(OC(F)(F)F)cc1)c1cn2c(n1)NCCC2. The van der Waals surface area contributed by atoms with Gasteiger partial charge < -0.3 is 14.6 Å². The molecule has 0 saturated carbocycles. The molecule has 0 aliphatic carbocycles. The second-order valence-corrected chi connectivity index (χ2v) is 5.24. The molecule has 132 valence electrons. The molecule has 25 heavy (non-hydrogen) atoms. The van der Waals surface area contributed by atoms with E-state index in [2.05, 4.69) is 25.6 Å². The smallest absolute Gasteiger partial charge is 0.406 e. The lowest BCUT2D eigenvalue weighted by Crippen LogP contribution is -2.18. The van der Waals surface area contributed by atoms with Crippen LogP contribution in [0.5, 0.6) is 5.75 Å². The Hall–Kier alpha value is -3.04. The van der Waals surface area contributed by atoms with Crippen LogP contribution in [0.1, 0.15) is 22.5 Å². The molecule has 2 N–H and O–H groups in total. The number of anilines is 1. The van der Waals surface area contributed by atoms with Gasteiger partial charge in [0.2, 0.25) is 5.95 Å². The van der Waals surface area contributed by atoms with Gasteiger partial charge in [-0.2, -0.15) is 5.10 Å². The third kappa shape index (κ3) is 4.49. The van der Waals surface area contributed by atoms with Gasteiger partial charge in [-0.1, -0.05) is 0 Å². The molecule has 0 bridgehead atoms. The minimum absolute atomic E-state index is 0.232. The molecule has 1 aromatic heterocycles. The van der Waals surface area contributed by atoms with Crippen molar-refractivity contribution in [1.82, 2.24) is 15.0 Å². The molecule has 1 amide bonds. The van der Waals surface area contributed by atoms with Crippen molar-refractivity contribution < 1.29 is 22.7 Å². The van der Waals surface area contributed by atoms with Crippen LogP contribution in [0.2, 0.25) is 0 Å². The van der Waals surface area contributed by atoms with Crippen LogP contribution in [-0.4, -0.2) is 34.6 Å². The van der Waals surface area contributed by atoms with Crippen LogP contribution < -0.4 is 15.5 Å². The molecule has 10 heteroatoms. The molecule has 0 saturated heterocycles. The number of nitrogens with zero attached hydrogens (tertiary/aromatic N) is 3. The number of carbonyl (C=O) groups is 1. The Kier molecular flexibility index (Phi) is 4.59. The van der Waals surface area contributed by atoms with Crippen LogP contribution >= 0.6 is 0 Å². The molecule has 2 aromatic rings. The number of hydrazone groups is 1. The lowest BCUT2D eigenvalue weighted by atomic mass is 10.2. The zero-order valence-corrected chi connectivity index (χ0v) is 12.9. The molecular weight excluding hydrogens is 339 g/mol. The number of alkyl halides is 3. The summed E-state index contributed by atoms with van der Waals surface area (Å²) < 4.78 is 41.8. The topological polar surface area (TPSA) is 80.5 Å². The molecule has 0 fully saturated rings. The van der Waals surface area contributed by atoms with Gasteiger partial charge in [0.05, 0.1) is 6.21 Å². The third-order valence-corrected chi connectivity index (χ3v) is 3.36. The fourth-order valence-electron chi connectivity index (χ4n) is 2.26. The molecule has 0 unspecified atom stereocenters. The first-order valence-corrected chi connectivity index (χ1v) is 7.41. The minimum atomic E-state index is -4.73. The van der Waals surface area contributed by atoms with E-state index in [-0.39, 0.29) is 11.4 Å². The first kappa shape index (κ1) is 16.8. The van der Waals surface area contributed by atoms with Gasteiger partial charge in [-0.15, -0.1) is 13.2 Å². The van der Waals surface area contributed by atoms with E-state index in [1.54, 1.807) is 6.20 Å². The molecule has 0 atom stereocenters. The number of aromatic nitrogens is 2. The fourth-order valence-corrected chi connectivity index (χ4v) is 2.26. The third-order valence-electron chi connectivity index (χ3n) is 3.36. The highest BCUT2D eigenvalue weighted by Crippen LogP contribution is 2.22. The van der Waals surface area contributed by atoms with Crippen LogP contribution in [0, 0.1) is 0 Å². The van der Waals surface area contributed by atoms with Crippen molar-refractivity contribution in [3.8, 4) is 5.75 Å². The number of hydrogen-bond acceptors (Lipinski definition) is 5. The van der Waals surface area contributed by atoms with Crippen molar-refractivity contribution in [1.29, 1.82) is 0 Å². The predicted octanol–water partition coefficient (Wildman–Crippen LogP) is 2.36. The van der Waals surface area contributed by atoms with Gasteiger partial charge in [-0.05, 0) is 36.2 Å². The lowest BCUT2D eigenvalue weighted by Gasteiger charge is -2.14. The molecule has 1 aliphatic rings. The summed E-state index contributed by atoms with van der Waals surface area (Å²) in [6, 6.07) is 5.09. The first-order valence-electron chi connectivity index (χ1n) is 7.41. The Labute approximate surface area is 140 Å². The van der Waals surface area contributed by atoms with Crippen molar-refractivity contribution in [2.45, 2.75) is 19.3 Å². The normalized spacial score (nSPS) is 14.0. The average molecular weight is 353 g/mol. The maximum absolute atomic E-state index is 12.1. The van der Waals surface area contributed by atoms with Gasteiger partial charge in [0.1, 0.15) is 11.4 Å². The molecule has 1 aromatic carbocycles. The van der Waals surface area contributed by atoms with E-state index >= 15 is 0 Å². The molecule has 1 aliphatic heterocycles. The van der Waals surface area contributed by atoms with Gasteiger partial charge in [0.25, 0.3) is 5.91 Å². The van der Waals surface area contributed by atoms with E-state index in [0.29, 0.717) is 11.5 Å². The highest BCUT2D eigenvalue weighted by atomic mass is 19.4. The summed E-state index contributed by atoms with van der Waals surface area (Å²) in [6.07, 6.45) is -0.835. The van der Waals surface area contributed by atoms with Crippen molar-refractivity contribution >= 4 is 18.1 Å². The van der Waals surface area contributed by atoms with E-state index in [9.17, 15) is 18.0 Å². The van der Waals surface area contributed by atoms with E-state index in [1.165, 1.54) is 18.3 Å². The molecule has 0 radical (unpaired) electrons. The van der Waals surface area contributed by atoms with Gasteiger partial charge in [0, 0.05) is 19.3 Å². The highest BCUT2D eigenvalue weighted by Gasteiger charge is 2.30. The van der Waals surface area contributed by atoms with Crippen LogP contribution in [0.4, 0.5) is 19.1 Å². The zero-order valence-electron chi connectivity index (χ0n) is 12.9. The van der Waals surface area contributed by atoms with Gasteiger partial charge in [-0.25, -0.2) is 10.4 Å². The summed E-state index contributed by atoms with van der Waals surface area (Å²) in [5.74, 6) is -0.164. The fraction of sp³-hybridized carbons (Fsp3) is 0.267. The van der Waals surface area contributed by atoms with Crippen molar-refractivity contribution in [3.63, 3.8) is 0 Å². The average Bonchev–Trinajstić information content (AvgIpc) is 2.99. The zero-order chi connectivity index (χ0) is 17.9. The quantitative estimate of drug-likeness (QED) is 0.653. The summed E-state index contributed by atoms with van der Waals surface area (Å²) in [6.45, 7) is 1.60. The van der Waals surface area contributed by atoms with Crippen molar-refractivity contribution in [2.24, 2.45) is 5.10 Å².